The number of hydrogen-bond donors (Lipinski definition) is 0. The molecule has 0 spiro atoms. The molecule has 4 heteroatoms. The van der Waals surface area contributed by atoms with Crippen LogP contribution >= 0.6 is 0 Å². The van der Waals surface area contributed by atoms with E-state index in [0.29, 0.717) is 0 Å². The first-order chi connectivity index (χ1) is 5.27. The predicted octanol–water partition coefficient (Wildman–Crippen LogP) is 0.741. The van der Waals surface area contributed by atoms with E-state index in [1.54, 1.807) is 6.33 Å². The minimum absolute atomic E-state index is 0.856. The molecule has 0 aliphatic heterocycles. The molecule has 2 rings (SSSR count). The van der Waals surface area contributed by atoms with Crippen LogP contribution in [0.1, 0.15) is 11.5 Å². The van der Waals surface area contributed by atoms with Crippen LogP contribution in [0.25, 0.3) is 5.65 Å². The topological polar surface area (TPSA) is 43.1 Å². The zero-order chi connectivity index (χ0) is 7.84. The summed E-state index contributed by atoms with van der Waals surface area (Å²) < 4.78 is 1.85. The van der Waals surface area contributed by atoms with Gasteiger partial charge in [-0.3, -0.25) is 4.40 Å². The normalized spacial score (nSPS) is 10.7. The van der Waals surface area contributed by atoms with Crippen LogP contribution in [0.15, 0.2) is 12.4 Å². The van der Waals surface area contributed by atoms with Crippen molar-refractivity contribution < 1.29 is 0 Å². The Balaban J connectivity index is 2.91. The molecule has 0 bridgehead atoms. The summed E-state index contributed by atoms with van der Waals surface area (Å²) in [5.74, 6) is 0.921. The van der Waals surface area contributed by atoms with Gasteiger partial charge < -0.3 is 0 Å². The lowest BCUT2D eigenvalue weighted by atomic mass is 10.4. The molecular formula is C7H8N4. The van der Waals surface area contributed by atoms with E-state index in [1.165, 1.54) is 0 Å². The summed E-state index contributed by atoms with van der Waals surface area (Å²) in [6.45, 7) is 3.88. The van der Waals surface area contributed by atoms with Gasteiger partial charge in [-0.25, -0.2) is 4.98 Å². The lowest BCUT2D eigenvalue weighted by molar-refractivity contribution is 0.956. The fourth-order valence-corrected chi connectivity index (χ4v) is 1.12. The van der Waals surface area contributed by atoms with Crippen molar-refractivity contribution in [3.05, 3.63) is 23.9 Å². The number of aromatic nitrogens is 4. The Morgan fingerprint density at radius 2 is 2.18 bits per heavy atom. The molecule has 0 unspecified atom stereocenters. The van der Waals surface area contributed by atoms with Gasteiger partial charge in [0.1, 0.15) is 12.2 Å². The molecule has 0 aliphatic rings. The van der Waals surface area contributed by atoms with Gasteiger partial charge in [0, 0.05) is 11.8 Å². The average molecular weight is 148 g/mol. The first-order valence-electron chi connectivity index (χ1n) is 3.41. The summed E-state index contributed by atoms with van der Waals surface area (Å²) in [5, 5.41) is 7.69. The quantitative estimate of drug-likeness (QED) is 0.553. The molecule has 0 saturated carbocycles. The zero-order valence-electron chi connectivity index (χ0n) is 6.44. The maximum absolute atomic E-state index is 4.26. The molecule has 0 atom stereocenters. The van der Waals surface area contributed by atoms with Crippen molar-refractivity contribution in [1.29, 1.82) is 0 Å². The number of rotatable bonds is 0. The second-order valence-corrected chi connectivity index (χ2v) is 2.50. The Hall–Kier alpha value is -1.45. The average Bonchev–Trinajstić information content (AvgIpc) is 2.34. The molecule has 0 saturated heterocycles. The minimum atomic E-state index is 0.856. The lowest BCUT2D eigenvalue weighted by Crippen LogP contribution is -1.95. The fourth-order valence-electron chi connectivity index (χ4n) is 1.12. The summed E-state index contributed by atoms with van der Waals surface area (Å²) in [6.07, 6.45) is 1.66. The summed E-state index contributed by atoms with van der Waals surface area (Å²) in [7, 11) is 0. The Bertz CT molecular complexity index is 390. The molecule has 2 aromatic heterocycles. The van der Waals surface area contributed by atoms with Gasteiger partial charge in [-0.05, 0) is 13.8 Å². The van der Waals surface area contributed by atoms with E-state index in [-0.39, 0.29) is 0 Å². The molecule has 0 aliphatic carbocycles. The van der Waals surface area contributed by atoms with E-state index < -0.39 is 0 Å². The van der Waals surface area contributed by atoms with Gasteiger partial charge in [-0.15, -0.1) is 10.2 Å². The number of aryl methyl sites for hydroxylation is 2. The summed E-state index contributed by atoms with van der Waals surface area (Å²) >= 11 is 0. The van der Waals surface area contributed by atoms with Gasteiger partial charge in [0.25, 0.3) is 0 Å². The van der Waals surface area contributed by atoms with E-state index in [2.05, 4.69) is 15.2 Å². The van der Waals surface area contributed by atoms with Crippen LogP contribution in [0.5, 0.6) is 0 Å². The smallest absolute Gasteiger partial charge is 0.163 e. The highest BCUT2D eigenvalue weighted by Crippen LogP contribution is 2.02. The Morgan fingerprint density at radius 1 is 1.36 bits per heavy atom. The number of fused-ring (bicyclic) bond motifs is 1. The van der Waals surface area contributed by atoms with Gasteiger partial charge >= 0.3 is 0 Å². The van der Waals surface area contributed by atoms with Crippen LogP contribution in [0.3, 0.4) is 0 Å². The third-order valence-electron chi connectivity index (χ3n) is 1.60. The second kappa shape index (κ2) is 2.02. The van der Waals surface area contributed by atoms with E-state index >= 15 is 0 Å². The van der Waals surface area contributed by atoms with E-state index in [9.17, 15) is 0 Å². The van der Waals surface area contributed by atoms with Crippen molar-refractivity contribution in [3.8, 4) is 0 Å². The Labute approximate surface area is 63.9 Å². The molecule has 0 aromatic carbocycles. The zero-order valence-corrected chi connectivity index (χ0v) is 6.44. The molecule has 0 radical (unpaired) electrons. The molecular weight excluding hydrogens is 140 g/mol. The number of hydrogen-bond acceptors (Lipinski definition) is 3. The predicted molar refractivity (Wildman–Crippen MR) is 40.3 cm³/mol. The van der Waals surface area contributed by atoms with Gasteiger partial charge in [0.05, 0.1) is 0 Å². The largest absolute Gasteiger partial charge is 0.269 e. The Morgan fingerprint density at radius 3 is 3.00 bits per heavy atom. The SMILES string of the molecule is Cc1cc2nncn2c(C)n1. The third-order valence-corrected chi connectivity index (χ3v) is 1.60. The molecule has 0 N–H and O–H groups in total. The van der Waals surface area contributed by atoms with Gasteiger partial charge in [-0.2, -0.15) is 0 Å². The van der Waals surface area contributed by atoms with Crippen LogP contribution in [0.4, 0.5) is 0 Å². The number of nitrogens with zero attached hydrogens (tertiary/aromatic N) is 4. The molecule has 2 heterocycles. The van der Waals surface area contributed by atoms with Crippen molar-refractivity contribution in [2.24, 2.45) is 0 Å². The first kappa shape index (κ1) is 6.27. The van der Waals surface area contributed by atoms with E-state index in [4.69, 9.17) is 0 Å². The van der Waals surface area contributed by atoms with Crippen molar-refractivity contribution in [2.45, 2.75) is 13.8 Å². The van der Waals surface area contributed by atoms with Crippen LogP contribution in [0.2, 0.25) is 0 Å². The van der Waals surface area contributed by atoms with E-state index in [1.807, 2.05) is 24.3 Å². The molecule has 0 fully saturated rings. The van der Waals surface area contributed by atoms with Crippen molar-refractivity contribution in [2.75, 3.05) is 0 Å². The van der Waals surface area contributed by atoms with Crippen molar-refractivity contribution in [1.82, 2.24) is 19.6 Å². The molecule has 56 valence electrons. The Kier molecular flexibility index (Phi) is 1.15. The van der Waals surface area contributed by atoms with Crippen molar-refractivity contribution >= 4 is 5.65 Å². The van der Waals surface area contributed by atoms with Crippen LogP contribution in [-0.2, 0) is 0 Å². The maximum Gasteiger partial charge on any atom is 0.163 e. The monoisotopic (exact) mass is 148 g/mol. The maximum atomic E-state index is 4.26. The second-order valence-electron chi connectivity index (χ2n) is 2.50. The van der Waals surface area contributed by atoms with Gasteiger partial charge in [-0.1, -0.05) is 0 Å². The van der Waals surface area contributed by atoms with E-state index in [0.717, 1.165) is 17.2 Å². The molecule has 0 amide bonds. The molecule has 2 aromatic rings. The highest BCUT2D eigenvalue weighted by atomic mass is 15.2. The first-order valence-corrected chi connectivity index (χ1v) is 3.41. The van der Waals surface area contributed by atoms with Crippen LogP contribution in [0, 0.1) is 13.8 Å². The molecule has 4 nitrogen and oxygen atoms in total. The summed E-state index contributed by atoms with van der Waals surface area (Å²) in [5.41, 5.74) is 1.83. The van der Waals surface area contributed by atoms with Crippen LogP contribution in [-0.4, -0.2) is 19.6 Å². The van der Waals surface area contributed by atoms with Crippen molar-refractivity contribution in [3.63, 3.8) is 0 Å². The third kappa shape index (κ3) is 0.869. The summed E-state index contributed by atoms with van der Waals surface area (Å²) in [6, 6.07) is 1.90. The summed E-state index contributed by atoms with van der Waals surface area (Å²) in [4.78, 5) is 4.26. The highest BCUT2D eigenvalue weighted by molar-refractivity contribution is 5.37. The molecule has 11 heavy (non-hydrogen) atoms. The van der Waals surface area contributed by atoms with Gasteiger partial charge in [0.2, 0.25) is 0 Å². The highest BCUT2D eigenvalue weighted by Gasteiger charge is 1.98. The van der Waals surface area contributed by atoms with Gasteiger partial charge in [0.15, 0.2) is 5.65 Å². The minimum Gasteiger partial charge on any atom is -0.269 e. The fraction of sp³-hybridized carbons (Fsp3) is 0.286. The van der Waals surface area contributed by atoms with Crippen LogP contribution < -0.4 is 0 Å². The lowest BCUT2D eigenvalue weighted by Gasteiger charge is -1.97. The standard InChI is InChI=1S/C7H8N4/c1-5-3-7-10-8-4-11(7)6(2)9-5/h3-4H,1-2H3.